The van der Waals surface area contributed by atoms with Gasteiger partial charge >= 0.3 is 0 Å². The van der Waals surface area contributed by atoms with Crippen LogP contribution in [0.25, 0.3) is 0 Å². The smallest absolute Gasteiger partial charge is 0.0547 e. The Morgan fingerprint density at radius 3 is 2.95 bits per heavy atom. The molecule has 4 nitrogen and oxygen atoms in total. The standard InChI is InChI=1S/C16H32N2O2/c1-14(2)17-11-16(6-9-20-13-16)12-18-7-3-4-15(10-18)5-8-19/h14-15,17,19H,3-13H2,1-2H3. The summed E-state index contributed by atoms with van der Waals surface area (Å²) >= 11 is 0. The zero-order valence-electron chi connectivity index (χ0n) is 13.2. The van der Waals surface area contributed by atoms with E-state index in [2.05, 4.69) is 24.1 Å². The van der Waals surface area contributed by atoms with Crippen LogP contribution in [0, 0.1) is 11.3 Å². The van der Waals surface area contributed by atoms with Crippen LogP contribution in [0.2, 0.25) is 0 Å². The highest BCUT2D eigenvalue weighted by molar-refractivity contribution is 4.90. The Morgan fingerprint density at radius 1 is 1.45 bits per heavy atom. The quantitative estimate of drug-likeness (QED) is 0.743. The Balaban J connectivity index is 1.87. The molecule has 0 amide bonds. The fourth-order valence-corrected chi connectivity index (χ4v) is 3.58. The maximum absolute atomic E-state index is 9.14. The molecule has 0 aromatic heterocycles. The first-order chi connectivity index (χ1) is 9.63. The molecule has 2 unspecified atom stereocenters. The van der Waals surface area contributed by atoms with Crippen LogP contribution in [0.5, 0.6) is 0 Å². The molecule has 0 spiro atoms. The highest BCUT2D eigenvalue weighted by Gasteiger charge is 2.37. The van der Waals surface area contributed by atoms with Crippen LogP contribution >= 0.6 is 0 Å². The van der Waals surface area contributed by atoms with Gasteiger partial charge < -0.3 is 20.1 Å². The molecule has 118 valence electrons. The van der Waals surface area contributed by atoms with Crippen molar-refractivity contribution in [1.82, 2.24) is 10.2 Å². The Kier molecular flexibility index (Phi) is 6.27. The minimum atomic E-state index is 0.297. The van der Waals surface area contributed by atoms with Crippen LogP contribution < -0.4 is 5.32 Å². The number of aliphatic hydroxyl groups is 1. The van der Waals surface area contributed by atoms with E-state index < -0.39 is 0 Å². The van der Waals surface area contributed by atoms with Gasteiger partial charge in [-0.1, -0.05) is 13.8 Å². The zero-order chi connectivity index (χ0) is 14.4. The van der Waals surface area contributed by atoms with E-state index in [9.17, 15) is 0 Å². The van der Waals surface area contributed by atoms with Gasteiger partial charge in [-0.25, -0.2) is 0 Å². The molecule has 2 fully saturated rings. The van der Waals surface area contributed by atoms with Crippen molar-refractivity contribution in [3.63, 3.8) is 0 Å². The molecule has 2 aliphatic rings. The fourth-order valence-electron chi connectivity index (χ4n) is 3.58. The minimum Gasteiger partial charge on any atom is -0.396 e. The van der Waals surface area contributed by atoms with E-state index in [4.69, 9.17) is 9.84 Å². The second-order valence-electron chi connectivity index (χ2n) is 7.09. The van der Waals surface area contributed by atoms with Gasteiger partial charge in [0.15, 0.2) is 0 Å². The van der Waals surface area contributed by atoms with Crippen LogP contribution in [0.15, 0.2) is 0 Å². The number of nitrogens with zero attached hydrogens (tertiary/aromatic N) is 1. The Bertz CT molecular complexity index is 276. The van der Waals surface area contributed by atoms with E-state index in [0.717, 1.165) is 39.3 Å². The third kappa shape index (κ3) is 4.69. The molecule has 2 rings (SSSR count). The van der Waals surface area contributed by atoms with E-state index in [-0.39, 0.29) is 0 Å². The summed E-state index contributed by atoms with van der Waals surface area (Å²) in [5.74, 6) is 0.686. The first kappa shape index (κ1) is 16.2. The maximum Gasteiger partial charge on any atom is 0.0547 e. The summed E-state index contributed by atoms with van der Waals surface area (Å²) in [5, 5.41) is 12.7. The SMILES string of the molecule is CC(C)NCC1(CN2CCCC(CCO)C2)CCOC1. The third-order valence-corrected chi connectivity index (χ3v) is 4.77. The van der Waals surface area contributed by atoms with Crippen molar-refractivity contribution in [2.45, 2.75) is 45.6 Å². The predicted molar refractivity (Wildman–Crippen MR) is 81.9 cm³/mol. The largest absolute Gasteiger partial charge is 0.396 e. The lowest BCUT2D eigenvalue weighted by molar-refractivity contribution is 0.0754. The lowest BCUT2D eigenvalue weighted by Gasteiger charge is -2.39. The van der Waals surface area contributed by atoms with Gasteiger partial charge in [-0.2, -0.15) is 0 Å². The molecule has 0 aromatic carbocycles. The zero-order valence-corrected chi connectivity index (χ0v) is 13.2. The summed E-state index contributed by atoms with van der Waals surface area (Å²) in [5.41, 5.74) is 0.297. The number of nitrogens with one attached hydrogen (secondary N) is 1. The van der Waals surface area contributed by atoms with E-state index in [1.165, 1.54) is 25.8 Å². The second-order valence-corrected chi connectivity index (χ2v) is 7.09. The lowest BCUT2D eigenvalue weighted by atomic mass is 9.84. The van der Waals surface area contributed by atoms with Crippen LogP contribution in [0.1, 0.15) is 39.5 Å². The highest BCUT2D eigenvalue weighted by atomic mass is 16.5. The van der Waals surface area contributed by atoms with E-state index in [0.29, 0.717) is 24.0 Å². The monoisotopic (exact) mass is 284 g/mol. The molecule has 2 saturated heterocycles. The second kappa shape index (κ2) is 7.74. The van der Waals surface area contributed by atoms with Crippen molar-refractivity contribution < 1.29 is 9.84 Å². The summed E-state index contributed by atoms with van der Waals surface area (Å²) in [6, 6.07) is 0.538. The van der Waals surface area contributed by atoms with Gasteiger partial charge in [0.05, 0.1) is 6.61 Å². The molecule has 0 aliphatic carbocycles. The molecule has 2 N–H and O–H groups in total. The first-order valence-corrected chi connectivity index (χ1v) is 8.28. The van der Waals surface area contributed by atoms with Crippen LogP contribution in [0.4, 0.5) is 0 Å². The molecule has 0 bridgehead atoms. The normalized spacial score (nSPS) is 32.1. The van der Waals surface area contributed by atoms with Crippen molar-refractivity contribution in [1.29, 1.82) is 0 Å². The number of likely N-dealkylation sites (tertiary alicyclic amines) is 1. The van der Waals surface area contributed by atoms with Gasteiger partial charge in [0.25, 0.3) is 0 Å². The molecule has 0 aromatic rings. The van der Waals surface area contributed by atoms with Gasteiger partial charge in [0.1, 0.15) is 0 Å². The molecule has 2 heterocycles. The molecule has 20 heavy (non-hydrogen) atoms. The van der Waals surface area contributed by atoms with Gasteiger partial charge in [-0.05, 0) is 38.1 Å². The van der Waals surface area contributed by atoms with Crippen molar-refractivity contribution in [2.24, 2.45) is 11.3 Å². The van der Waals surface area contributed by atoms with Crippen molar-refractivity contribution in [3.8, 4) is 0 Å². The number of ether oxygens (including phenoxy) is 1. The predicted octanol–water partition coefficient (Wildman–Crippen LogP) is 1.49. The summed E-state index contributed by atoms with van der Waals surface area (Å²) < 4.78 is 5.70. The van der Waals surface area contributed by atoms with Crippen molar-refractivity contribution >= 4 is 0 Å². The Labute approximate surface area is 123 Å². The molecule has 4 heteroatoms. The molecular weight excluding hydrogens is 252 g/mol. The number of piperidine rings is 1. The molecule has 2 atom stereocenters. The molecule has 2 aliphatic heterocycles. The van der Waals surface area contributed by atoms with Crippen molar-refractivity contribution in [2.75, 3.05) is 46.0 Å². The molecule has 0 saturated carbocycles. The molecule has 0 radical (unpaired) electrons. The van der Waals surface area contributed by atoms with E-state index in [1.807, 2.05) is 0 Å². The average molecular weight is 284 g/mol. The number of aliphatic hydroxyl groups excluding tert-OH is 1. The topological polar surface area (TPSA) is 44.7 Å². The van der Waals surface area contributed by atoms with Gasteiger partial charge in [0.2, 0.25) is 0 Å². The number of hydrogen-bond donors (Lipinski definition) is 2. The third-order valence-electron chi connectivity index (χ3n) is 4.77. The maximum atomic E-state index is 9.14. The summed E-state index contributed by atoms with van der Waals surface area (Å²) in [6.45, 7) is 11.1. The summed E-state index contributed by atoms with van der Waals surface area (Å²) in [4.78, 5) is 2.61. The van der Waals surface area contributed by atoms with Gasteiger partial charge in [-0.3, -0.25) is 0 Å². The highest BCUT2D eigenvalue weighted by Crippen LogP contribution is 2.31. The van der Waals surface area contributed by atoms with Gasteiger partial charge in [0, 0.05) is 44.3 Å². The van der Waals surface area contributed by atoms with Crippen LogP contribution in [-0.4, -0.2) is 62.0 Å². The lowest BCUT2D eigenvalue weighted by Crippen LogP contribution is -2.48. The summed E-state index contributed by atoms with van der Waals surface area (Å²) in [7, 11) is 0. The Morgan fingerprint density at radius 2 is 2.30 bits per heavy atom. The van der Waals surface area contributed by atoms with Crippen LogP contribution in [0.3, 0.4) is 0 Å². The van der Waals surface area contributed by atoms with E-state index >= 15 is 0 Å². The minimum absolute atomic E-state index is 0.297. The van der Waals surface area contributed by atoms with Gasteiger partial charge in [-0.15, -0.1) is 0 Å². The first-order valence-electron chi connectivity index (χ1n) is 8.28. The van der Waals surface area contributed by atoms with Crippen molar-refractivity contribution in [3.05, 3.63) is 0 Å². The fraction of sp³-hybridized carbons (Fsp3) is 1.00. The molecular formula is C16H32N2O2. The average Bonchev–Trinajstić information content (AvgIpc) is 2.86. The number of hydrogen-bond acceptors (Lipinski definition) is 4. The van der Waals surface area contributed by atoms with Crippen LogP contribution in [-0.2, 0) is 4.74 Å². The summed E-state index contributed by atoms with van der Waals surface area (Å²) in [6.07, 6.45) is 4.70. The Hall–Kier alpha value is -0.160. The number of rotatable bonds is 7. The van der Waals surface area contributed by atoms with E-state index in [1.54, 1.807) is 0 Å².